The van der Waals surface area contributed by atoms with Crippen LogP contribution in [0.15, 0.2) is 16.6 Å². The molecule has 0 unspecified atom stereocenters. The molecule has 0 aliphatic rings. The molecule has 0 amide bonds. The summed E-state index contributed by atoms with van der Waals surface area (Å²) in [6.07, 6.45) is 1.05. The summed E-state index contributed by atoms with van der Waals surface area (Å²) in [7, 11) is -0.943. The van der Waals surface area contributed by atoms with Crippen molar-refractivity contribution in [2.45, 2.75) is 11.3 Å². The molecule has 0 N–H and O–H groups in total. The zero-order valence-corrected chi connectivity index (χ0v) is 12.5. The molecule has 0 atom stereocenters. The van der Waals surface area contributed by atoms with Crippen molar-refractivity contribution in [2.24, 2.45) is 0 Å². The van der Waals surface area contributed by atoms with E-state index in [1.54, 1.807) is 0 Å². The quantitative estimate of drug-likeness (QED) is 0.760. The topological polar surface area (TPSA) is 95.5 Å². The molecule has 0 saturated heterocycles. The number of carbonyl (C=O) groups is 1. The maximum Gasteiger partial charge on any atom is 0.306 e. The first kappa shape index (κ1) is 14.7. The van der Waals surface area contributed by atoms with Crippen LogP contribution in [0.4, 0.5) is 0 Å². The maximum absolute atomic E-state index is 12.2. The average molecular weight is 316 g/mol. The molecule has 0 aliphatic carbocycles. The number of methoxy groups -OCH3 is 2. The number of hydrogen-bond donors (Lipinski definition) is 0. The van der Waals surface area contributed by atoms with Crippen LogP contribution in [0, 0.1) is 0 Å². The van der Waals surface area contributed by atoms with E-state index in [0.717, 1.165) is 0 Å². The highest BCUT2D eigenvalue weighted by Gasteiger charge is 2.23. The Balaban J connectivity index is 2.40. The third-order valence-electron chi connectivity index (χ3n) is 2.62. The second kappa shape index (κ2) is 5.71. The van der Waals surface area contributed by atoms with Gasteiger partial charge < -0.3 is 9.47 Å². The Labute approximate surface area is 119 Å². The number of esters is 1. The van der Waals surface area contributed by atoms with E-state index >= 15 is 0 Å². The molecule has 0 bridgehead atoms. The molecule has 2 aromatic rings. The minimum absolute atomic E-state index is 0.0853. The van der Waals surface area contributed by atoms with Crippen LogP contribution < -0.4 is 4.74 Å². The summed E-state index contributed by atoms with van der Waals surface area (Å²) in [6.45, 7) is 0. The predicted molar refractivity (Wildman–Crippen MR) is 72.7 cm³/mol. The lowest BCUT2D eigenvalue weighted by atomic mass is 10.5. The van der Waals surface area contributed by atoms with Gasteiger partial charge in [0.25, 0.3) is 0 Å². The van der Waals surface area contributed by atoms with Gasteiger partial charge in [0.1, 0.15) is 21.4 Å². The molecule has 108 valence electrons. The fraction of sp³-hybridized carbons (Fsp3) is 0.364. The largest absolute Gasteiger partial charge is 0.480 e. The van der Waals surface area contributed by atoms with Gasteiger partial charge in [0.05, 0.1) is 26.4 Å². The number of hydrogen-bond acceptors (Lipinski definition) is 8. The van der Waals surface area contributed by atoms with E-state index < -0.39 is 15.8 Å². The van der Waals surface area contributed by atoms with Crippen LogP contribution in [0.25, 0.3) is 10.2 Å². The van der Waals surface area contributed by atoms with E-state index in [2.05, 4.69) is 14.7 Å². The highest BCUT2D eigenvalue weighted by Crippen LogP contribution is 2.33. The molecule has 2 rings (SSSR count). The molecule has 2 heterocycles. The lowest BCUT2D eigenvalue weighted by Crippen LogP contribution is -2.12. The van der Waals surface area contributed by atoms with Crippen LogP contribution in [-0.4, -0.2) is 44.3 Å². The van der Waals surface area contributed by atoms with Crippen molar-refractivity contribution in [3.63, 3.8) is 0 Å². The molecule has 20 heavy (non-hydrogen) atoms. The number of rotatable bonds is 5. The summed E-state index contributed by atoms with van der Waals surface area (Å²) in [5, 5.41) is 1.48. The van der Waals surface area contributed by atoms with Crippen molar-refractivity contribution in [1.29, 1.82) is 0 Å². The SMILES string of the molecule is COC(=O)CCS(=O)(=O)c1csc2c(OC)ncnc12. The first-order valence-corrected chi connectivity index (χ1v) is 8.08. The molecule has 0 saturated carbocycles. The Bertz CT molecular complexity index is 738. The van der Waals surface area contributed by atoms with Gasteiger partial charge in [-0.15, -0.1) is 11.3 Å². The normalized spacial score (nSPS) is 11.5. The summed E-state index contributed by atoms with van der Waals surface area (Å²) in [5.41, 5.74) is 0.312. The maximum atomic E-state index is 12.2. The molecule has 0 spiro atoms. The molecular weight excluding hydrogens is 304 g/mol. The Hall–Kier alpha value is -1.74. The van der Waals surface area contributed by atoms with Crippen molar-refractivity contribution < 1.29 is 22.7 Å². The van der Waals surface area contributed by atoms with Crippen LogP contribution in [0.2, 0.25) is 0 Å². The number of ether oxygens (including phenoxy) is 2. The second-order valence-corrected chi connectivity index (χ2v) is 6.76. The Morgan fingerprint density at radius 2 is 2.10 bits per heavy atom. The average Bonchev–Trinajstić information content (AvgIpc) is 2.89. The zero-order chi connectivity index (χ0) is 14.8. The van der Waals surface area contributed by atoms with E-state index in [1.807, 2.05) is 0 Å². The molecule has 0 radical (unpaired) electrons. The van der Waals surface area contributed by atoms with Crippen molar-refractivity contribution in [3.8, 4) is 5.88 Å². The number of fused-ring (bicyclic) bond motifs is 1. The highest BCUT2D eigenvalue weighted by atomic mass is 32.2. The van der Waals surface area contributed by atoms with Crippen LogP contribution >= 0.6 is 11.3 Å². The number of sulfone groups is 1. The van der Waals surface area contributed by atoms with Crippen LogP contribution in [0.5, 0.6) is 5.88 Å². The van der Waals surface area contributed by atoms with Gasteiger partial charge in [0.15, 0.2) is 9.84 Å². The summed E-state index contributed by atoms with van der Waals surface area (Å²) in [5.74, 6) is -0.563. The molecule has 9 heteroatoms. The Morgan fingerprint density at radius 3 is 2.75 bits per heavy atom. The third kappa shape index (κ3) is 2.73. The number of carbonyl (C=O) groups excluding carboxylic acids is 1. The molecule has 0 aliphatic heterocycles. The first-order valence-electron chi connectivity index (χ1n) is 5.55. The van der Waals surface area contributed by atoms with Crippen LogP contribution in [0.3, 0.4) is 0 Å². The van der Waals surface area contributed by atoms with Gasteiger partial charge in [-0.1, -0.05) is 0 Å². The molecule has 2 aromatic heterocycles. The van der Waals surface area contributed by atoms with E-state index in [-0.39, 0.29) is 17.1 Å². The van der Waals surface area contributed by atoms with E-state index in [1.165, 1.54) is 37.3 Å². The van der Waals surface area contributed by atoms with Gasteiger partial charge >= 0.3 is 5.97 Å². The van der Waals surface area contributed by atoms with E-state index in [4.69, 9.17) is 4.74 Å². The van der Waals surface area contributed by atoms with Crippen LogP contribution in [-0.2, 0) is 19.4 Å². The van der Waals surface area contributed by atoms with Crippen molar-refractivity contribution >= 4 is 37.4 Å². The van der Waals surface area contributed by atoms with E-state index in [9.17, 15) is 13.2 Å². The van der Waals surface area contributed by atoms with Crippen molar-refractivity contribution in [2.75, 3.05) is 20.0 Å². The summed E-state index contributed by atoms with van der Waals surface area (Å²) in [6, 6.07) is 0. The second-order valence-electron chi connectivity index (χ2n) is 3.81. The van der Waals surface area contributed by atoms with Gasteiger partial charge in [0, 0.05) is 5.38 Å². The Kier molecular flexibility index (Phi) is 4.19. The molecule has 0 fully saturated rings. The van der Waals surface area contributed by atoms with Gasteiger partial charge in [-0.2, -0.15) is 0 Å². The standard InChI is InChI=1S/C11H12N2O5S2/c1-17-8(14)3-4-20(15,16)7-5-19-10-9(7)12-6-13-11(10)18-2/h5-6H,3-4H2,1-2H3. The van der Waals surface area contributed by atoms with Gasteiger partial charge in [-0.05, 0) is 0 Å². The lowest BCUT2D eigenvalue weighted by Gasteiger charge is -2.03. The smallest absolute Gasteiger partial charge is 0.306 e. The first-order chi connectivity index (χ1) is 9.49. The zero-order valence-electron chi connectivity index (χ0n) is 10.8. The Morgan fingerprint density at radius 1 is 1.35 bits per heavy atom. The van der Waals surface area contributed by atoms with Gasteiger partial charge in [-0.3, -0.25) is 4.79 Å². The minimum Gasteiger partial charge on any atom is -0.480 e. The molecule has 0 aromatic carbocycles. The van der Waals surface area contributed by atoms with Gasteiger partial charge in [-0.25, -0.2) is 18.4 Å². The summed E-state index contributed by atoms with van der Waals surface area (Å²) >= 11 is 1.19. The summed E-state index contributed by atoms with van der Waals surface area (Å²) < 4.78 is 34.5. The third-order valence-corrected chi connectivity index (χ3v) is 5.45. The van der Waals surface area contributed by atoms with Crippen molar-refractivity contribution in [1.82, 2.24) is 9.97 Å². The monoisotopic (exact) mass is 316 g/mol. The van der Waals surface area contributed by atoms with Gasteiger partial charge in [0.2, 0.25) is 5.88 Å². The van der Waals surface area contributed by atoms with Crippen molar-refractivity contribution in [3.05, 3.63) is 11.7 Å². The van der Waals surface area contributed by atoms with E-state index in [0.29, 0.717) is 16.1 Å². The fourth-order valence-corrected chi connectivity index (χ4v) is 4.35. The number of nitrogens with zero attached hydrogens (tertiary/aromatic N) is 2. The molecular formula is C11H12N2O5S2. The number of aromatic nitrogens is 2. The fourth-order valence-electron chi connectivity index (χ4n) is 1.60. The minimum atomic E-state index is -3.61. The van der Waals surface area contributed by atoms with Crippen LogP contribution in [0.1, 0.15) is 6.42 Å². The predicted octanol–water partition coefficient (Wildman–Crippen LogP) is 1.04. The lowest BCUT2D eigenvalue weighted by molar-refractivity contribution is -0.140. The highest BCUT2D eigenvalue weighted by molar-refractivity contribution is 7.91. The summed E-state index contributed by atoms with van der Waals surface area (Å²) in [4.78, 5) is 19.1. The molecule has 7 nitrogen and oxygen atoms in total. The number of thiophene rings is 1.